The number of unbranched alkanes of at least 4 members (excludes halogenated alkanes) is 1. The molecule has 1 unspecified atom stereocenters. The van der Waals surface area contributed by atoms with E-state index in [1.165, 1.54) is 0 Å². The van der Waals surface area contributed by atoms with E-state index in [0.717, 1.165) is 12.8 Å². The van der Waals surface area contributed by atoms with E-state index in [0.29, 0.717) is 13.2 Å². The van der Waals surface area contributed by atoms with Gasteiger partial charge in [0.2, 0.25) is 5.91 Å². The quantitative estimate of drug-likeness (QED) is 0.529. The molecule has 0 aromatic rings. The maximum Gasteiger partial charge on any atom is 0.236 e. The fraction of sp³-hybridized carbons (Fsp3) is 0.875. The highest BCUT2D eigenvalue weighted by molar-refractivity contribution is 5.79. The van der Waals surface area contributed by atoms with Crippen molar-refractivity contribution < 1.29 is 9.53 Å². The molecular weight excluding hydrogens is 156 g/mol. The van der Waals surface area contributed by atoms with Crippen molar-refractivity contribution in [3.63, 3.8) is 0 Å². The maximum atomic E-state index is 10.7. The third-order valence-corrected chi connectivity index (χ3v) is 1.62. The number of carbonyl (C=O) groups excluding carboxylic acids is 1. The number of amides is 1. The molecule has 3 N–H and O–H groups in total. The molecule has 0 radical (unpaired) electrons. The van der Waals surface area contributed by atoms with Crippen LogP contribution < -0.4 is 11.1 Å². The lowest BCUT2D eigenvalue weighted by molar-refractivity contribution is -0.121. The smallest absolute Gasteiger partial charge is 0.236 e. The lowest BCUT2D eigenvalue weighted by Gasteiger charge is -2.11. The number of carbonyl (C=O) groups is 1. The topological polar surface area (TPSA) is 64.3 Å². The summed E-state index contributed by atoms with van der Waals surface area (Å²) in [6.45, 7) is 3.15. The summed E-state index contributed by atoms with van der Waals surface area (Å²) in [5.74, 6) is -0.367. The van der Waals surface area contributed by atoms with Gasteiger partial charge in [-0.05, 0) is 13.5 Å². The van der Waals surface area contributed by atoms with Gasteiger partial charge in [-0.3, -0.25) is 4.79 Å². The molecule has 0 saturated heterocycles. The van der Waals surface area contributed by atoms with Crippen LogP contribution in [-0.4, -0.2) is 32.2 Å². The van der Waals surface area contributed by atoms with Gasteiger partial charge >= 0.3 is 0 Å². The Morgan fingerprint density at radius 3 is 2.75 bits per heavy atom. The van der Waals surface area contributed by atoms with Crippen LogP contribution in [0, 0.1) is 0 Å². The third-order valence-electron chi connectivity index (χ3n) is 1.62. The van der Waals surface area contributed by atoms with Crippen molar-refractivity contribution in [2.75, 3.05) is 20.3 Å². The van der Waals surface area contributed by atoms with Crippen molar-refractivity contribution in [2.45, 2.75) is 25.8 Å². The molecular formula is C8H18N2O2. The predicted octanol–water partition coefficient (Wildman–Crippen LogP) is -0.124. The van der Waals surface area contributed by atoms with Gasteiger partial charge < -0.3 is 15.8 Å². The number of nitrogens with one attached hydrogen (secondary N) is 1. The Hall–Kier alpha value is -0.610. The van der Waals surface area contributed by atoms with Crippen LogP contribution in [0.25, 0.3) is 0 Å². The highest BCUT2D eigenvalue weighted by Gasteiger charge is 2.11. The van der Waals surface area contributed by atoms with Gasteiger partial charge in [-0.1, -0.05) is 13.3 Å². The molecule has 1 atom stereocenters. The average molecular weight is 174 g/mol. The number of rotatable bonds is 7. The molecule has 0 rings (SSSR count). The van der Waals surface area contributed by atoms with E-state index >= 15 is 0 Å². The van der Waals surface area contributed by atoms with Gasteiger partial charge in [0.15, 0.2) is 0 Å². The van der Waals surface area contributed by atoms with E-state index in [4.69, 9.17) is 10.5 Å². The molecule has 4 nitrogen and oxygen atoms in total. The minimum Gasteiger partial charge on any atom is -0.379 e. The first kappa shape index (κ1) is 11.4. The SMILES string of the molecule is CCCCOCC(NC)C(N)=O. The molecule has 0 heterocycles. The van der Waals surface area contributed by atoms with Gasteiger partial charge in [-0.25, -0.2) is 0 Å². The summed E-state index contributed by atoms with van der Waals surface area (Å²) in [6.07, 6.45) is 2.12. The summed E-state index contributed by atoms with van der Waals surface area (Å²) >= 11 is 0. The number of nitrogens with two attached hydrogens (primary N) is 1. The highest BCUT2D eigenvalue weighted by atomic mass is 16.5. The average Bonchev–Trinajstić information content (AvgIpc) is 2.04. The van der Waals surface area contributed by atoms with Crippen molar-refractivity contribution >= 4 is 5.91 Å². The summed E-state index contributed by atoms with van der Waals surface area (Å²) in [4.78, 5) is 10.7. The van der Waals surface area contributed by atoms with Gasteiger partial charge in [0.1, 0.15) is 6.04 Å². The Kier molecular flexibility index (Phi) is 6.70. The molecule has 4 heteroatoms. The van der Waals surface area contributed by atoms with Crippen molar-refractivity contribution in [1.82, 2.24) is 5.32 Å². The van der Waals surface area contributed by atoms with Gasteiger partial charge in [0.25, 0.3) is 0 Å². The van der Waals surface area contributed by atoms with Crippen LogP contribution in [0.2, 0.25) is 0 Å². The maximum absolute atomic E-state index is 10.7. The van der Waals surface area contributed by atoms with E-state index in [1.807, 2.05) is 0 Å². The zero-order valence-electron chi connectivity index (χ0n) is 7.80. The Bertz CT molecular complexity index is 128. The fourth-order valence-corrected chi connectivity index (χ4v) is 0.755. The number of ether oxygens (including phenoxy) is 1. The molecule has 0 aromatic carbocycles. The molecule has 0 aromatic heterocycles. The first-order valence-electron chi connectivity index (χ1n) is 4.26. The van der Waals surface area contributed by atoms with Crippen molar-refractivity contribution in [3.8, 4) is 0 Å². The van der Waals surface area contributed by atoms with Gasteiger partial charge in [-0.15, -0.1) is 0 Å². The minimum atomic E-state index is -0.367. The molecule has 0 aliphatic carbocycles. The molecule has 1 amide bonds. The zero-order valence-corrected chi connectivity index (χ0v) is 7.80. The second kappa shape index (κ2) is 7.06. The molecule has 0 bridgehead atoms. The predicted molar refractivity (Wildman–Crippen MR) is 47.8 cm³/mol. The van der Waals surface area contributed by atoms with Gasteiger partial charge in [0, 0.05) is 6.61 Å². The summed E-state index contributed by atoms with van der Waals surface area (Å²) in [7, 11) is 1.69. The zero-order chi connectivity index (χ0) is 9.40. The first-order chi connectivity index (χ1) is 5.72. The minimum absolute atomic E-state index is 0.359. The van der Waals surface area contributed by atoms with E-state index < -0.39 is 0 Å². The Labute approximate surface area is 73.5 Å². The van der Waals surface area contributed by atoms with Crippen LogP contribution >= 0.6 is 0 Å². The van der Waals surface area contributed by atoms with Crippen molar-refractivity contribution in [1.29, 1.82) is 0 Å². The Balaban J connectivity index is 3.38. The standard InChI is InChI=1S/C8H18N2O2/c1-3-4-5-12-6-7(10-2)8(9)11/h7,10H,3-6H2,1-2H3,(H2,9,11). The number of likely N-dealkylation sites (N-methyl/N-ethyl adjacent to an activating group) is 1. The van der Waals surface area contributed by atoms with Gasteiger partial charge in [0.05, 0.1) is 6.61 Å². The molecule has 0 aliphatic rings. The monoisotopic (exact) mass is 174 g/mol. The lowest BCUT2D eigenvalue weighted by atomic mass is 10.3. The van der Waals surface area contributed by atoms with Crippen molar-refractivity contribution in [2.24, 2.45) is 5.73 Å². The second-order valence-electron chi connectivity index (χ2n) is 2.67. The molecule has 72 valence electrons. The van der Waals surface area contributed by atoms with E-state index in [2.05, 4.69) is 12.2 Å². The summed E-state index contributed by atoms with van der Waals surface area (Å²) in [5, 5.41) is 2.78. The molecule has 0 fully saturated rings. The molecule has 12 heavy (non-hydrogen) atoms. The summed E-state index contributed by atoms with van der Waals surface area (Å²) in [6, 6.07) is -0.359. The molecule has 0 saturated carbocycles. The largest absolute Gasteiger partial charge is 0.379 e. The lowest BCUT2D eigenvalue weighted by Crippen LogP contribution is -2.42. The summed E-state index contributed by atoms with van der Waals surface area (Å²) in [5.41, 5.74) is 5.08. The van der Waals surface area contributed by atoms with Crippen LogP contribution in [-0.2, 0) is 9.53 Å². The van der Waals surface area contributed by atoms with Crippen LogP contribution in [0.5, 0.6) is 0 Å². The Morgan fingerprint density at radius 1 is 1.67 bits per heavy atom. The second-order valence-corrected chi connectivity index (χ2v) is 2.67. The highest BCUT2D eigenvalue weighted by Crippen LogP contribution is 1.90. The molecule has 0 aliphatic heterocycles. The van der Waals surface area contributed by atoms with Crippen LogP contribution in [0.3, 0.4) is 0 Å². The number of hydrogen-bond donors (Lipinski definition) is 2. The molecule has 0 spiro atoms. The summed E-state index contributed by atoms with van der Waals surface area (Å²) < 4.78 is 5.23. The number of hydrogen-bond acceptors (Lipinski definition) is 3. The Morgan fingerprint density at radius 2 is 2.33 bits per heavy atom. The van der Waals surface area contributed by atoms with Crippen molar-refractivity contribution in [3.05, 3.63) is 0 Å². The normalized spacial score (nSPS) is 12.8. The number of primary amides is 1. The third kappa shape index (κ3) is 5.09. The van der Waals surface area contributed by atoms with Crippen LogP contribution in [0.15, 0.2) is 0 Å². The van der Waals surface area contributed by atoms with E-state index in [9.17, 15) is 4.79 Å². The van der Waals surface area contributed by atoms with Crippen LogP contribution in [0.1, 0.15) is 19.8 Å². The van der Waals surface area contributed by atoms with E-state index in [1.54, 1.807) is 7.05 Å². The van der Waals surface area contributed by atoms with Gasteiger partial charge in [-0.2, -0.15) is 0 Å². The van der Waals surface area contributed by atoms with E-state index in [-0.39, 0.29) is 11.9 Å². The fourth-order valence-electron chi connectivity index (χ4n) is 0.755. The van der Waals surface area contributed by atoms with Crippen LogP contribution in [0.4, 0.5) is 0 Å². The first-order valence-corrected chi connectivity index (χ1v) is 4.26.